The highest BCUT2D eigenvalue weighted by molar-refractivity contribution is 7.89. The number of aryl methyl sites for hydroxylation is 1. The third-order valence-electron chi connectivity index (χ3n) is 2.87. The molecule has 1 N–H and O–H groups in total. The minimum absolute atomic E-state index is 0.0262. The summed E-state index contributed by atoms with van der Waals surface area (Å²) < 4.78 is 26.6. The summed E-state index contributed by atoms with van der Waals surface area (Å²) in [6.45, 7) is 6.56. The van der Waals surface area contributed by atoms with E-state index in [0.717, 1.165) is 0 Å². The van der Waals surface area contributed by atoms with Crippen molar-refractivity contribution in [3.8, 4) is 6.07 Å². The summed E-state index contributed by atoms with van der Waals surface area (Å²) in [4.78, 5) is 11.8. The number of benzene rings is 1. The van der Waals surface area contributed by atoms with E-state index in [1.807, 2.05) is 6.07 Å². The van der Waals surface area contributed by atoms with Gasteiger partial charge in [-0.15, -0.1) is 0 Å². The van der Waals surface area contributed by atoms with E-state index in [2.05, 4.69) is 4.72 Å². The van der Waals surface area contributed by atoms with Crippen LogP contribution in [-0.4, -0.2) is 20.7 Å². The summed E-state index contributed by atoms with van der Waals surface area (Å²) in [5.74, 6) is -0.199. The van der Waals surface area contributed by atoms with Gasteiger partial charge in [-0.1, -0.05) is 26.8 Å². The molecule has 0 aliphatic heterocycles. The highest BCUT2D eigenvalue weighted by Crippen LogP contribution is 2.18. The van der Waals surface area contributed by atoms with Gasteiger partial charge in [0.25, 0.3) is 0 Å². The average Bonchev–Trinajstić information content (AvgIpc) is 2.35. The second-order valence-corrected chi connectivity index (χ2v) is 7.33. The molecule has 0 spiro atoms. The highest BCUT2D eigenvalue weighted by Gasteiger charge is 2.24. The second kappa shape index (κ2) is 5.73. The Morgan fingerprint density at radius 2 is 1.95 bits per heavy atom. The lowest BCUT2D eigenvalue weighted by Crippen LogP contribution is -2.35. The fourth-order valence-corrected chi connectivity index (χ4v) is 2.71. The number of nitriles is 1. The number of nitrogens with zero attached hydrogens (tertiary/aromatic N) is 1. The minimum atomic E-state index is -3.80. The zero-order valence-electron chi connectivity index (χ0n) is 12.0. The first-order valence-electron chi connectivity index (χ1n) is 6.11. The number of carbonyl (C=O) groups is 1. The van der Waals surface area contributed by atoms with E-state index in [0.29, 0.717) is 5.56 Å². The molecule has 5 nitrogen and oxygen atoms in total. The van der Waals surface area contributed by atoms with E-state index in [4.69, 9.17) is 5.26 Å². The quantitative estimate of drug-likeness (QED) is 0.916. The first kappa shape index (κ1) is 16.3. The van der Waals surface area contributed by atoms with Gasteiger partial charge >= 0.3 is 0 Å². The van der Waals surface area contributed by atoms with Crippen LogP contribution in [0.25, 0.3) is 0 Å². The molecule has 1 aromatic carbocycles. The van der Waals surface area contributed by atoms with Crippen LogP contribution in [0.15, 0.2) is 23.1 Å². The van der Waals surface area contributed by atoms with Gasteiger partial charge in [0.1, 0.15) is 0 Å². The molecule has 1 aromatic rings. The van der Waals surface area contributed by atoms with Gasteiger partial charge in [0, 0.05) is 5.41 Å². The summed E-state index contributed by atoms with van der Waals surface area (Å²) in [7, 11) is -3.80. The normalized spacial score (nSPS) is 11.9. The van der Waals surface area contributed by atoms with Crippen LogP contribution in [0, 0.1) is 23.7 Å². The number of ketones is 1. The van der Waals surface area contributed by atoms with Crippen molar-refractivity contribution in [2.75, 3.05) is 6.54 Å². The van der Waals surface area contributed by atoms with Crippen molar-refractivity contribution in [1.29, 1.82) is 5.26 Å². The molecule has 0 aliphatic rings. The Morgan fingerprint density at radius 1 is 1.35 bits per heavy atom. The second-order valence-electron chi connectivity index (χ2n) is 5.59. The van der Waals surface area contributed by atoms with Gasteiger partial charge in [0.05, 0.1) is 23.1 Å². The zero-order chi connectivity index (χ0) is 15.6. The predicted molar refractivity (Wildman–Crippen MR) is 75.5 cm³/mol. The van der Waals surface area contributed by atoms with Gasteiger partial charge in [-0.2, -0.15) is 5.26 Å². The minimum Gasteiger partial charge on any atom is -0.298 e. The van der Waals surface area contributed by atoms with Gasteiger partial charge in [-0.3, -0.25) is 4.79 Å². The first-order chi connectivity index (χ1) is 9.08. The monoisotopic (exact) mass is 294 g/mol. The summed E-state index contributed by atoms with van der Waals surface area (Å²) >= 11 is 0. The molecule has 20 heavy (non-hydrogen) atoms. The molecule has 0 heterocycles. The summed E-state index contributed by atoms with van der Waals surface area (Å²) in [6.07, 6.45) is 0. The van der Waals surface area contributed by atoms with E-state index in [9.17, 15) is 13.2 Å². The Labute approximate surface area is 119 Å². The van der Waals surface area contributed by atoms with E-state index in [1.54, 1.807) is 39.8 Å². The number of sulfonamides is 1. The standard InChI is InChI=1S/C14H18N2O3S/c1-10-5-6-11(8-15)7-12(10)20(18,19)16-9-13(17)14(2,3)4/h5-7,16H,9H2,1-4H3. The summed E-state index contributed by atoms with van der Waals surface area (Å²) in [6, 6.07) is 6.32. The maximum atomic E-state index is 12.2. The highest BCUT2D eigenvalue weighted by atomic mass is 32.2. The number of rotatable bonds is 4. The molecular formula is C14H18N2O3S. The van der Waals surface area contributed by atoms with Crippen LogP contribution in [0.2, 0.25) is 0 Å². The van der Waals surface area contributed by atoms with E-state index in [1.165, 1.54) is 6.07 Å². The van der Waals surface area contributed by atoms with Crippen molar-refractivity contribution >= 4 is 15.8 Å². The van der Waals surface area contributed by atoms with E-state index < -0.39 is 15.4 Å². The summed E-state index contributed by atoms with van der Waals surface area (Å²) in [5, 5.41) is 8.82. The average molecular weight is 294 g/mol. The molecular weight excluding hydrogens is 276 g/mol. The molecule has 0 saturated carbocycles. The molecule has 6 heteroatoms. The van der Waals surface area contributed by atoms with Crippen molar-refractivity contribution in [3.63, 3.8) is 0 Å². The SMILES string of the molecule is Cc1ccc(C#N)cc1S(=O)(=O)NCC(=O)C(C)(C)C. The fraction of sp³-hybridized carbons (Fsp3) is 0.429. The lowest BCUT2D eigenvalue weighted by atomic mass is 9.91. The molecule has 0 atom stereocenters. The largest absolute Gasteiger partial charge is 0.298 e. The van der Waals surface area contributed by atoms with Crippen molar-refractivity contribution in [3.05, 3.63) is 29.3 Å². The molecule has 0 bridgehead atoms. The van der Waals surface area contributed by atoms with Crippen LogP contribution in [0.4, 0.5) is 0 Å². The van der Waals surface area contributed by atoms with E-state index >= 15 is 0 Å². The Bertz CT molecular complexity index is 665. The van der Waals surface area contributed by atoms with Crippen molar-refractivity contribution in [2.24, 2.45) is 5.41 Å². The number of carbonyl (C=O) groups excluding carboxylic acids is 1. The molecule has 0 unspecified atom stereocenters. The number of hydrogen-bond donors (Lipinski definition) is 1. The number of nitrogens with one attached hydrogen (secondary N) is 1. The molecule has 0 aliphatic carbocycles. The predicted octanol–water partition coefficient (Wildman–Crippen LogP) is 1.76. The van der Waals surface area contributed by atoms with Crippen LogP contribution < -0.4 is 4.72 Å². The molecule has 0 fully saturated rings. The topological polar surface area (TPSA) is 87.0 Å². The van der Waals surface area contributed by atoms with Crippen LogP contribution in [0.5, 0.6) is 0 Å². The van der Waals surface area contributed by atoms with Crippen LogP contribution in [0.3, 0.4) is 0 Å². The number of hydrogen-bond acceptors (Lipinski definition) is 4. The maximum absolute atomic E-state index is 12.2. The van der Waals surface area contributed by atoms with Gasteiger partial charge in [0.2, 0.25) is 10.0 Å². The van der Waals surface area contributed by atoms with E-state index in [-0.39, 0.29) is 22.8 Å². The van der Waals surface area contributed by atoms with Gasteiger partial charge < -0.3 is 0 Å². The molecule has 0 amide bonds. The Morgan fingerprint density at radius 3 is 2.45 bits per heavy atom. The Kier molecular flexibility index (Phi) is 4.69. The zero-order valence-corrected chi connectivity index (χ0v) is 12.8. The van der Waals surface area contributed by atoms with Crippen molar-refractivity contribution in [1.82, 2.24) is 4.72 Å². The van der Waals surface area contributed by atoms with Crippen molar-refractivity contribution < 1.29 is 13.2 Å². The van der Waals surface area contributed by atoms with Gasteiger partial charge in [-0.05, 0) is 24.6 Å². The lowest BCUT2D eigenvalue weighted by molar-refractivity contribution is -0.125. The van der Waals surface area contributed by atoms with Crippen LogP contribution >= 0.6 is 0 Å². The van der Waals surface area contributed by atoms with Crippen molar-refractivity contribution in [2.45, 2.75) is 32.6 Å². The molecule has 0 radical (unpaired) electrons. The number of Topliss-reactive ketones (excluding diaryl/α,β-unsaturated/α-hetero) is 1. The smallest absolute Gasteiger partial charge is 0.241 e. The summed E-state index contributed by atoms with van der Waals surface area (Å²) in [5.41, 5.74) is 0.185. The first-order valence-corrected chi connectivity index (χ1v) is 7.60. The fourth-order valence-electron chi connectivity index (χ4n) is 1.46. The van der Waals surface area contributed by atoms with Gasteiger partial charge in [-0.25, -0.2) is 13.1 Å². The van der Waals surface area contributed by atoms with Crippen LogP contribution in [-0.2, 0) is 14.8 Å². The Balaban J connectivity index is 3.02. The van der Waals surface area contributed by atoms with Crippen LogP contribution in [0.1, 0.15) is 31.9 Å². The molecule has 0 aromatic heterocycles. The Hall–Kier alpha value is -1.71. The molecule has 1 rings (SSSR count). The lowest BCUT2D eigenvalue weighted by Gasteiger charge is -2.17. The van der Waals surface area contributed by atoms with Gasteiger partial charge in [0.15, 0.2) is 5.78 Å². The third-order valence-corrected chi connectivity index (χ3v) is 4.41. The third kappa shape index (κ3) is 3.89. The molecule has 0 saturated heterocycles. The molecule has 108 valence electrons. The maximum Gasteiger partial charge on any atom is 0.241 e.